The zero-order valence-electron chi connectivity index (χ0n) is 12.4. The number of carbonyl (C=O) groups is 2. The van der Waals surface area contributed by atoms with E-state index < -0.39 is 5.60 Å². The number of carbonyl (C=O) groups excluding carboxylic acids is 2. The molecule has 0 heterocycles. The van der Waals surface area contributed by atoms with Crippen LogP contribution in [0.2, 0.25) is 0 Å². The Hall–Kier alpha value is -2.26. The molecule has 0 saturated heterocycles. The predicted octanol–water partition coefficient (Wildman–Crippen LogP) is 3.18. The van der Waals surface area contributed by atoms with Crippen molar-refractivity contribution in [3.05, 3.63) is 70.8 Å². The second-order valence-corrected chi connectivity index (χ2v) is 5.66. The van der Waals surface area contributed by atoms with E-state index >= 15 is 0 Å². The molecule has 0 aliphatic rings. The highest BCUT2D eigenvalue weighted by atomic mass is 16.3. The molecule has 0 aliphatic carbocycles. The highest BCUT2D eigenvalue weighted by molar-refractivity contribution is 6.09. The molecule has 0 saturated carbocycles. The largest absolute Gasteiger partial charge is 0.382 e. The molecule has 0 aromatic heterocycles. The van der Waals surface area contributed by atoms with Gasteiger partial charge in [0.25, 0.3) is 0 Å². The van der Waals surface area contributed by atoms with Crippen molar-refractivity contribution in [2.24, 2.45) is 0 Å². The van der Waals surface area contributed by atoms with Gasteiger partial charge in [-0.1, -0.05) is 54.1 Å². The summed E-state index contributed by atoms with van der Waals surface area (Å²) in [4.78, 5) is 24.2. The van der Waals surface area contributed by atoms with Crippen molar-refractivity contribution in [1.82, 2.24) is 0 Å². The van der Waals surface area contributed by atoms with Crippen molar-refractivity contribution >= 4 is 11.6 Å². The highest BCUT2D eigenvalue weighted by Crippen LogP contribution is 2.16. The van der Waals surface area contributed by atoms with Crippen LogP contribution in [0, 0.1) is 6.92 Å². The third-order valence-corrected chi connectivity index (χ3v) is 3.28. The van der Waals surface area contributed by atoms with Gasteiger partial charge in [0.1, 0.15) is 5.60 Å². The summed E-state index contributed by atoms with van der Waals surface area (Å²) < 4.78 is 0. The van der Waals surface area contributed by atoms with Gasteiger partial charge in [-0.05, 0) is 20.8 Å². The fourth-order valence-corrected chi connectivity index (χ4v) is 2.00. The number of rotatable bonds is 4. The average molecular weight is 282 g/mol. The van der Waals surface area contributed by atoms with Gasteiger partial charge in [0.05, 0.1) is 0 Å². The fourth-order valence-electron chi connectivity index (χ4n) is 2.00. The number of ketones is 2. The number of benzene rings is 2. The van der Waals surface area contributed by atoms with Gasteiger partial charge in [0.2, 0.25) is 0 Å². The van der Waals surface area contributed by atoms with E-state index in [0.717, 1.165) is 5.56 Å². The molecule has 3 heteroatoms. The second kappa shape index (κ2) is 5.62. The Bertz CT molecular complexity index is 659. The summed E-state index contributed by atoms with van der Waals surface area (Å²) in [6, 6.07) is 13.7. The first-order valence-electron chi connectivity index (χ1n) is 6.77. The number of aryl methyl sites for hydroxylation is 1. The number of Topliss-reactive ketones (excluding diaryl/α,β-unsaturated/α-hetero) is 1. The molecule has 0 bridgehead atoms. The smallest absolute Gasteiger partial charge is 0.193 e. The first kappa shape index (κ1) is 15.1. The standard InChI is InChI=1S/C18H18O3/c1-12-4-6-13(7-5-12)16(19)14-8-10-15(11-9-14)17(20)18(2,3)21/h4-11,21H,1-3H3. The lowest BCUT2D eigenvalue weighted by Crippen LogP contribution is -2.31. The van der Waals surface area contributed by atoms with Crippen molar-refractivity contribution in [1.29, 1.82) is 0 Å². The van der Waals surface area contributed by atoms with E-state index in [0.29, 0.717) is 16.7 Å². The molecule has 0 amide bonds. The Labute approximate surface area is 124 Å². The van der Waals surface area contributed by atoms with Crippen molar-refractivity contribution in [2.45, 2.75) is 26.4 Å². The van der Waals surface area contributed by atoms with Crippen molar-refractivity contribution in [3.8, 4) is 0 Å². The Morgan fingerprint density at radius 3 is 1.62 bits per heavy atom. The van der Waals surface area contributed by atoms with Crippen LogP contribution in [0.3, 0.4) is 0 Å². The minimum Gasteiger partial charge on any atom is -0.382 e. The van der Waals surface area contributed by atoms with Crippen LogP contribution in [0.25, 0.3) is 0 Å². The van der Waals surface area contributed by atoms with Gasteiger partial charge in [-0.2, -0.15) is 0 Å². The molecule has 0 radical (unpaired) electrons. The van der Waals surface area contributed by atoms with Gasteiger partial charge in [-0.25, -0.2) is 0 Å². The number of hydrogen-bond donors (Lipinski definition) is 1. The maximum Gasteiger partial charge on any atom is 0.193 e. The fraction of sp³-hybridized carbons (Fsp3) is 0.222. The normalized spacial score (nSPS) is 11.2. The number of hydrogen-bond acceptors (Lipinski definition) is 3. The van der Waals surface area contributed by atoms with Gasteiger partial charge < -0.3 is 5.11 Å². The Morgan fingerprint density at radius 2 is 1.19 bits per heavy atom. The minimum absolute atomic E-state index is 0.0859. The van der Waals surface area contributed by atoms with Gasteiger partial charge in [0.15, 0.2) is 11.6 Å². The van der Waals surface area contributed by atoms with Crippen molar-refractivity contribution in [3.63, 3.8) is 0 Å². The molecule has 21 heavy (non-hydrogen) atoms. The zero-order valence-corrected chi connectivity index (χ0v) is 12.4. The lowest BCUT2D eigenvalue weighted by Gasteiger charge is -2.15. The first-order chi connectivity index (χ1) is 9.79. The lowest BCUT2D eigenvalue weighted by molar-refractivity contribution is 0.0488. The monoisotopic (exact) mass is 282 g/mol. The van der Waals surface area contributed by atoms with Gasteiger partial charge >= 0.3 is 0 Å². The van der Waals surface area contributed by atoms with Crippen LogP contribution in [-0.2, 0) is 0 Å². The molecule has 0 atom stereocenters. The third kappa shape index (κ3) is 3.44. The predicted molar refractivity (Wildman–Crippen MR) is 81.7 cm³/mol. The summed E-state index contributed by atoms with van der Waals surface area (Å²) in [7, 11) is 0. The summed E-state index contributed by atoms with van der Waals surface area (Å²) in [5.41, 5.74) is 1.21. The molecule has 2 aromatic rings. The van der Waals surface area contributed by atoms with E-state index in [2.05, 4.69) is 0 Å². The van der Waals surface area contributed by atoms with E-state index in [1.54, 1.807) is 36.4 Å². The highest BCUT2D eigenvalue weighted by Gasteiger charge is 2.25. The van der Waals surface area contributed by atoms with E-state index in [4.69, 9.17) is 0 Å². The maximum absolute atomic E-state index is 12.3. The second-order valence-electron chi connectivity index (χ2n) is 5.66. The topological polar surface area (TPSA) is 54.4 Å². The lowest BCUT2D eigenvalue weighted by atomic mass is 9.94. The van der Waals surface area contributed by atoms with E-state index in [1.807, 2.05) is 19.1 Å². The Balaban J connectivity index is 2.25. The summed E-state index contributed by atoms with van der Waals surface area (Å²) in [5, 5.41) is 9.71. The van der Waals surface area contributed by atoms with Crippen LogP contribution >= 0.6 is 0 Å². The quantitative estimate of drug-likeness (QED) is 0.876. The van der Waals surface area contributed by atoms with E-state index in [-0.39, 0.29) is 11.6 Å². The molecule has 2 rings (SSSR count). The Morgan fingerprint density at radius 1 is 0.810 bits per heavy atom. The zero-order chi connectivity index (χ0) is 15.6. The van der Waals surface area contributed by atoms with Crippen LogP contribution in [0.5, 0.6) is 0 Å². The SMILES string of the molecule is Cc1ccc(C(=O)c2ccc(C(=O)C(C)(C)O)cc2)cc1. The summed E-state index contributed by atoms with van der Waals surface area (Å²) >= 11 is 0. The molecule has 1 N–H and O–H groups in total. The molecule has 0 unspecified atom stereocenters. The molecule has 0 aliphatic heterocycles. The van der Waals surface area contributed by atoms with Gasteiger partial charge in [0, 0.05) is 16.7 Å². The van der Waals surface area contributed by atoms with Gasteiger partial charge in [-0.15, -0.1) is 0 Å². The van der Waals surface area contributed by atoms with Crippen LogP contribution in [0.15, 0.2) is 48.5 Å². The van der Waals surface area contributed by atoms with E-state index in [9.17, 15) is 14.7 Å². The Kier molecular flexibility index (Phi) is 4.05. The van der Waals surface area contributed by atoms with Crippen LogP contribution in [0.4, 0.5) is 0 Å². The molecule has 0 fully saturated rings. The summed E-state index contributed by atoms with van der Waals surface area (Å²) in [6.45, 7) is 4.85. The minimum atomic E-state index is -1.41. The summed E-state index contributed by atoms with van der Waals surface area (Å²) in [5.74, 6) is -0.450. The molecule has 108 valence electrons. The van der Waals surface area contributed by atoms with E-state index in [1.165, 1.54) is 13.8 Å². The maximum atomic E-state index is 12.3. The van der Waals surface area contributed by atoms with Crippen LogP contribution < -0.4 is 0 Å². The van der Waals surface area contributed by atoms with Crippen LogP contribution in [0.1, 0.15) is 45.7 Å². The molecule has 3 nitrogen and oxygen atoms in total. The molecular weight excluding hydrogens is 264 g/mol. The van der Waals surface area contributed by atoms with Crippen LogP contribution in [-0.4, -0.2) is 22.3 Å². The average Bonchev–Trinajstić information content (AvgIpc) is 2.46. The first-order valence-corrected chi connectivity index (χ1v) is 6.77. The summed E-state index contributed by atoms with van der Waals surface area (Å²) in [6.07, 6.45) is 0. The van der Waals surface area contributed by atoms with Crippen molar-refractivity contribution in [2.75, 3.05) is 0 Å². The van der Waals surface area contributed by atoms with Gasteiger partial charge in [-0.3, -0.25) is 9.59 Å². The molecule has 2 aromatic carbocycles. The molecule has 0 spiro atoms. The molecular formula is C18H18O3. The van der Waals surface area contributed by atoms with Crippen molar-refractivity contribution < 1.29 is 14.7 Å². The number of aliphatic hydroxyl groups is 1. The third-order valence-electron chi connectivity index (χ3n) is 3.28.